The minimum atomic E-state index is -0.271. The average Bonchev–Trinajstić information content (AvgIpc) is 2.36. The predicted octanol–water partition coefficient (Wildman–Crippen LogP) is 0.267. The van der Waals surface area contributed by atoms with Gasteiger partial charge in [-0.1, -0.05) is 17.9 Å². The second kappa shape index (κ2) is 2.70. The molecule has 0 radical (unpaired) electrons. The van der Waals surface area contributed by atoms with Crippen molar-refractivity contribution in [1.82, 2.24) is 10.2 Å². The number of carbonyl (C=O) groups is 1. The zero-order valence-corrected chi connectivity index (χ0v) is 6.08. The van der Waals surface area contributed by atoms with Crippen LogP contribution in [-0.2, 0) is 4.79 Å². The van der Waals surface area contributed by atoms with Crippen LogP contribution in [0.2, 0.25) is 0 Å². The molecule has 0 saturated carbocycles. The highest BCUT2D eigenvalue weighted by molar-refractivity contribution is 7.82. The number of rotatable bonds is 1. The maximum atomic E-state index is 10.6. The van der Waals surface area contributed by atoms with E-state index in [9.17, 15) is 4.79 Å². The van der Waals surface area contributed by atoms with E-state index in [0.717, 1.165) is 10.7 Å². The lowest BCUT2D eigenvalue weighted by atomic mass is 10.7. The van der Waals surface area contributed by atoms with E-state index in [4.69, 9.17) is 0 Å². The summed E-state index contributed by atoms with van der Waals surface area (Å²) in [5, 5.41) is 6.82. The molecule has 0 aliphatic rings. The molecule has 0 atom stereocenters. The lowest BCUT2D eigenvalue weighted by Gasteiger charge is -2.04. The van der Waals surface area contributed by atoms with Gasteiger partial charge in [0.2, 0.25) is 12.3 Å². The topological polar surface area (TPSA) is 59.2 Å². The van der Waals surface area contributed by atoms with Crippen molar-refractivity contribution in [3.63, 3.8) is 0 Å². The first kappa shape index (κ1) is 7.07. The highest BCUT2D eigenvalue weighted by Crippen LogP contribution is 2.09. The Labute approximate surface area is 62.6 Å². The first-order valence-corrected chi connectivity index (χ1v) is 2.87. The molecule has 0 saturated heterocycles. The van der Waals surface area contributed by atoms with Gasteiger partial charge in [-0.15, -0.1) is 5.10 Å². The number of carbonyl (C=O) groups excluding carboxylic acids is 1. The predicted molar refractivity (Wildman–Crippen MR) is 36.4 cm³/mol. The van der Waals surface area contributed by atoms with Crippen molar-refractivity contribution in [2.45, 2.75) is 6.92 Å². The molecule has 1 heterocycles. The molecule has 10 heavy (non-hydrogen) atoms. The normalized spacial score (nSPS) is 9.40. The summed E-state index contributed by atoms with van der Waals surface area (Å²) in [6.45, 7) is 1.34. The van der Waals surface area contributed by atoms with E-state index in [0.29, 0.717) is 0 Å². The quantitative estimate of drug-likeness (QED) is 0.597. The number of hydrogen-bond acceptors (Lipinski definition) is 5. The fourth-order valence-electron chi connectivity index (χ4n) is 0.394. The molecule has 0 spiro atoms. The summed E-state index contributed by atoms with van der Waals surface area (Å²) in [7, 11) is 0. The van der Waals surface area contributed by atoms with Crippen molar-refractivity contribution in [3.05, 3.63) is 6.39 Å². The number of amides is 1. The summed E-state index contributed by atoms with van der Waals surface area (Å²) >= 11 is 3.77. The Hall–Kier alpha value is -1.04. The third-order valence-electron chi connectivity index (χ3n) is 0.828. The Kier molecular flexibility index (Phi) is 1.91. The number of anilines is 1. The summed E-state index contributed by atoms with van der Waals surface area (Å²) in [4.78, 5) is 10.6. The van der Waals surface area contributed by atoms with Crippen LogP contribution in [0, 0.1) is 0 Å². The van der Waals surface area contributed by atoms with Crippen molar-refractivity contribution in [2.24, 2.45) is 0 Å². The molecule has 1 amide bonds. The second-order valence-corrected chi connectivity index (χ2v) is 1.95. The van der Waals surface area contributed by atoms with Crippen molar-refractivity contribution >= 4 is 24.7 Å². The SMILES string of the molecule is CC(=O)N(S)c1nnco1. The van der Waals surface area contributed by atoms with E-state index in [1.165, 1.54) is 6.92 Å². The van der Waals surface area contributed by atoms with Gasteiger partial charge in [-0.2, -0.15) is 0 Å². The Morgan fingerprint density at radius 2 is 2.60 bits per heavy atom. The monoisotopic (exact) mass is 159 g/mol. The van der Waals surface area contributed by atoms with Gasteiger partial charge in [0.15, 0.2) is 0 Å². The zero-order chi connectivity index (χ0) is 7.56. The van der Waals surface area contributed by atoms with Crippen molar-refractivity contribution in [2.75, 3.05) is 4.31 Å². The number of nitrogens with zero attached hydrogens (tertiary/aromatic N) is 3. The molecule has 0 fully saturated rings. The van der Waals surface area contributed by atoms with E-state index < -0.39 is 0 Å². The highest BCUT2D eigenvalue weighted by atomic mass is 32.1. The van der Waals surface area contributed by atoms with Crippen molar-refractivity contribution in [3.8, 4) is 0 Å². The lowest BCUT2D eigenvalue weighted by Crippen LogP contribution is -2.16. The maximum Gasteiger partial charge on any atom is 0.335 e. The van der Waals surface area contributed by atoms with Crippen LogP contribution in [-0.4, -0.2) is 16.1 Å². The van der Waals surface area contributed by atoms with Gasteiger partial charge in [-0.05, 0) is 0 Å². The Morgan fingerprint density at radius 3 is 3.00 bits per heavy atom. The standard InChI is InChI=1S/C4H5N3O2S/c1-3(8)7(10)4-6-5-2-9-4/h2,10H,1H3. The first-order valence-electron chi connectivity index (χ1n) is 2.47. The smallest absolute Gasteiger partial charge is 0.335 e. The third-order valence-corrected chi connectivity index (χ3v) is 1.28. The molecule has 0 aromatic carbocycles. The summed E-state index contributed by atoms with van der Waals surface area (Å²) in [5.41, 5.74) is 0. The van der Waals surface area contributed by atoms with Crippen molar-refractivity contribution < 1.29 is 9.21 Å². The van der Waals surface area contributed by atoms with Crippen LogP contribution in [0.15, 0.2) is 10.8 Å². The lowest BCUT2D eigenvalue weighted by molar-refractivity contribution is -0.115. The minimum Gasteiger partial charge on any atom is -0.410 e. The van der Waals surface area contributed by atoms with Crippen molar-refractivity contribution in [1.29, 1.82) is 0 Å². The minimum absolute atomic E-state index is 0.0795. The molecule has 5 nitrogen and oxygen atoms in total. The molecule has 0 bridgehead atoms. The van der Waals surface area contributed by atoms with Crippen LogP contribution < -0.4 is 4.31 Å². The van der Waals surface area contributed by atoms with Crippen LogP contribution in [0.1, 0.15) is 6.92 Å². The summed E-state index contributed by atoms with van der Waals surface area (Å²) in [6.07, 6.45) is 1.13. The van der Waals surface area contributed by atoms with Gasteiger partial charge < -0.3 is 4.42 Å². The molecule has 0 unspecified atom stereocenters. The Bertz CT molecular complexity index is 222. The fourth-order valence-corrected chi connectivity index (χ4v) is 0.481. The molecule has 1 rings (SSSR count). The Morgan fingerprint density at radius 1 is 1.90 bits per heavy atom. The maximum absolute atomic E-state index is 10.6. The van der Waals surface area contributed by atoms with Gasteiger partial charge in [0.1, 0.15) is 0 Å². The molecule has 1 aromatic rings. The van der Waals surface area contributed by atoms with Crippen LogP contribution in [0.4, 0.5) is 6.01 Å². The van der Waals surface area contributed by atoms with Crippen LogP contribution in [0.3, 0.4) is 0 Å². The van der Waals surface area contributed by atoms with Gasteiger partial charge in [0, 0.05) is 6.92 Å². The summed E-state index contributed by atoms with van der Waals surface area (Å²) < 4.78 is 5.63. The highest BCUT2D eigenvalue weighted by Gasteiger charge is 2.10. The second-order valence-electron chi connectivity index (χ2n) is 1.55. The molecular weight excluding hydrogens is 154 g/mol. The van der Waals surface area contributed by atoms with Crippen LogP contribution >= 0.6 is 12.8 Å². The van der Waals surface area contributed by atoms with E-state index >= 15 is 0 Å². The van der Waals surface area contributed by atoms with E-state index in [1.54, 1.807) is 0 Å². The summed E-state index contributed by atoms with van der Waals surface area (Å²) in [5.74, 6) is -0.271. The van der Waals surface area contributed by atoms with Gasteiger partial charge >= 0.3 is 6.01 Å². The fraction of sp³-hybridized carbons (Fsp3) is 0.250. The molecule has 6 heteroatoms. The molecule has 54 valence electrons. The van der Waals surface area contributed by atoms with Gasteiger partial charge in [-0.25, -0.2) is 4.31 Å². The Balaban J connectivity index is 2.77. The van der Waals surface area contributed by atoms with Gasteiger partial charge in [-0.3, -0.25) is 4.79 Å². The molecule has 0 aliphatic carbocycles. The van der Waals surface area contributed by atoms with E-state index in [-0.39, 0.29) is 11.9 Å². The molecular formula is C4H5N3O2S. The summed E-state index contributed by atoms with van der Waals surface area (Å²) in [6, 6.07) is 0.0795. The third kappa shape index (κ3) is 1.27. The first-order chi connectivity index (χ1) is 4.72. The van der Waals surface area contributed by atoms with Crippen LogP contribution in [0.25, 0.3) is 0 Å². The average molecular weight is 159 g/mol. The number of aromatic nitrogens is 2. The largest absolute Gasteiger partial charge is 0.410 e. The number of hydrogen-bond donors (Lipinski definition) is 1. The molecule has 0 N–H and O–H groups in total. The van der Waals surface area contributed by atoms with Gasteiger partial charge in [0.05, 0.1) is 0 Å². The molecule has 0 aliphatic heterocycles. The van der Waals surface area contributed by atoms with Crippen LogP contribution in [0.5, 0.6) is 0 Å². The zero-order valence-electron chi connectivity index (χ0n) is 5.18. The van der Waals surface area contributed by atoms with E-state index in [2.05, 4.69) is 27.4 Å². The van der Waals surface area contributed by atoms with E-state index in [1.807, 2.05) is 0 Å². The molecule has 1 aromatic heterocycles. The van der Waals surface area contributed by atoms with Gasteiger partial charge in [0.25, 0.3) is 0 Å². The number of thiol groups is 1.